The molecule has 3 aliphatic rings. The number of nitrogens with one attached hydrogen (secondary N) is 2. The SMILES string of the molecule is O=C(NC1CCC(C(=O)NC2(C(=O)O)CCCC2)CC1)C1CCCC1. The fraction of sp³-hybridized carbons (Fsp3) is 0.842. The van der Waals surface area contributed by atoms with Gasteiger partial charge >= 0.3 is 5.97 Å². The van der Waals surface area contributed by atoms with Crippen LogP contribution in [0.3, 0.4) is 0 Å². The predicted octanol–water partition coefficient (Wildman–Crippen LogP) is 2.37. The fourth-order valence-electron chi connectivity index (χ4n) is 4.72. The van der Waals surface area contributed by atoms with Crippen molar-refractivity contribution in [2.24, 2.45) is 11.8 Å². The van der Waals surface area contributed by atoms with Crippen molar-refractivity contribution in [3.05, 3.63) is 0 Å². The van der Waals surface area contributed by atoms with Gasteiger partial charge in [-0.25, -0.2) is 4.79 Å². The predicted molar refractivity (Wildman–Crippen MR) is 92.8 cm³/mol. The lowest BCUT2D eigenvalue weighted by molar-refractivity contribution is -0.148. The van der Waals surface area contributed by atoms with Gasteiger partial charge in [-0.2, -0.15) is 0 Å². The molecule has 0 radical (unpaired) electrons. The van der Waals surface area contributed by atoms with Crippen LogP contribution < -0.4 is 10.6 Å². The van der Waals surface area contributed by atoms with E-state index in [4.69, 9.17) is 0 Å². The largest absolute Gasteiger partial charge is 0.480 e. The van der Waals surface area contributed by atoms with E-state index < -0.39 is 11.5 Å². The molecule has 0 heterocycles. The summed E-state index contributed by atoms with van der Waals surface area (Å²) in [6, 6.07) is 0.164. The van der Waals surface area contributed by atoms with Crippen LogP contribution >= 0.6 is 0 Å². The molecule has 0 aromatic rings. The van der Waals surface area contributed by atoms with Crippen molar-refractivity contribution in [2.45, 2.75) is 88.6 Å². The van der Waals surface area contributed by atoms with Crippen molar-refractivity contribution in [3.8, 4) is 0 Å². The number of carboxylic acids is 1. The second-order valence-electron chi connectivity index (χ2n) is 8.12. The van der Waals surface area contributed by atoms with E-state index in [0.717, 1.165) is 64.2 Å². The Morgan fingerprint density at radius 2 is 1.32 bits per heavy atom. The van der Waals surface area contributed by atoms with Crippen LogP contribution in [0, 0.1) is 11.8 Å². The summed E-state index contributed by atoms with van der Waals surface area (Å²) in [4.78, 5) is 36.3. The van der Waals surface area contributed by atoms with E-state index in [-0.39, 0.29) is 29.7 Å². The Labute approximate surface area is 149 Å². The molecule has 140 valence electrons. The third-order valence-electron chi connectivity index (χ3n) is 6.40. The molecule has 6 heteroatoms. The maximum absolute atomic E-state index is 12.5. The third-order valence-corrected chi connectivity index (χ3v) is 6.40. The lowest BCUT2D eigenvalue weighted by atomic mass is 9.84. The van der Waals surface area contributed by atoms with E-state index in [2.05, 4.69) is 10.6 Å². The number of carbonyl (C=O) groups is 3. The first kappa shape index (κ1) is 18.2. The molecular formula is C19H30N2O4. The van der Waals surface area contributed by atoms with Crippen LogP contribution in [0.5, 0.6) is 0 Å². The van der Waals surface area contributed by atoms with Crippen molar-refractivity contribution in [1.82, 2.24) is 10.6 Å². The average molecular weight is 350 g/mol. The number of carboxylic acid groups (broad SMARTS) is 1. The first-order valence-electron chi connectivity index (χ1n) is 9.86. The highest BCUT2D eigenvalue weighted by atomic mass is 16.4. The van der Waals surface area contributed by atoms with Crippen LogP contribution in [0.2, 0.25) is 0 Å². The summed E-state index contributed by atoms with van der Waals surface area (Å²) in [5, 5.41) is 15.5. The van der Waals surface area contributed by atoms with Crippen LogP contribution in [0.1, 0.15) is 77.0 Å². The van der Waals surface area contributed by atoms with Crippen molar-refractivity contribution in [3.63, 3.8) is 0 Å². The summed E-state index contributed by atoms with van der Waals surface area (Å²) in [5.41, 5.74) is -1.05. The first-order chi connectivity index (χ1) is 12.0. The van der Waals surface area contributed by atoms with Crippen molar-refractivity contribution in [2.75, 3.05) is 0 Å². The second kappa shape index (κ2) is 7.75. The van der Waals surface area contributed by atoms with Crippen LogP contribution in [-0.4, -0.2) is 34.5 Å². The van der Waals surface area contributed by atoms with E-state index >= 15 is 0 Å². The molecule has 0 aromatic heterocycles. The molecule has 3 rings (SSSR count). The molecule has 0 unspecified atom stereocenters. The highest BCUT2D eigenvalue weighted by Crippen LogP contribution is 2.32. The molecule has 0 bridgehead atoms. The first-order valence-corrected chi connectivity index (χ1v) is 9.86. The maximum atomic E-state index is 12.5. The Bertz CT molecular complexity index is 514. The number of hydrogen-bond acceptors (Lipinski definition) is 3. The Morgan fingerprint density at radius 3 is 1.88 bits per heavy atom. The molecule has 0 aromatic carbocycles. The monoisotopic (exact) mass is 350 g/mol. The fourth-order valence-corrected chi connectivity index (χ4v) is 4.72. The van der Waals surface area contributed by atoms with Crippen LogP contribution in [-0.2, 0) is 14.4 Å². The van der Waals surface area contributed by atoms with E-state index in [0.29, 0.717) is 12.8 Å². The minimum Gasteiger partial charge on any atom is -0.480 e. The van der Waals surface area contributed by atoms with Gasteiger partial charge in [-0.1, -0.05) is 25.7 Å². The summed E-state index contributed by atoms with van der Waals surface area (Å²) in [7, 11) is 0. The summed E-state index contributed by atoms with van der Waals surface area (Å²) < 4.78 is 0. The zero-order chi connectivity index (χ0) is 17.9. The Hall–Kier alpha value is -1.59. The quantitative estimate of drug-likeness (QED) is 0.709. The van der Waals surface area contributed by atoms with Crippen molar-refractivity contribution >= 4 is 17.8 Å². The Kier molecular flexibility index (Phi) is 5.64. The number of carbonyl (C=O) groups excluding carboxylic acids is 2. The van der Waals surface area contributed by atoms with E-state index in [1.807, 2.05) is 0 Å². The maximum Gasteiger partial charge on any atom is 0.329 e. The van der Waals surface area contributed by atoms with E-state index in [9.17, 15) is 19.5 Å². The van der Waals surface area contributed by atoms with Gasteiger partial charge in [-0.05, 0) is 51.4 Å². The van der Waals surface area contributed by atoms with Gasteiger partial charge in [0.05, 0.1) is 0 Å². The van der Waals surface area contributed by atoms with Gasteiger partial charge < -0.3 is 15.7 Å². The summed E-state index contributed by atoms with van der Waals surface area (Å²) in [6.45, 7) is 0. The van der Waals surface area contributed by atoms with Gasteiger partial charge in [0.25, 0.3) is 0 Å². The Balaban J connectivity index is 1.46. The molecule has 0 aliphatic heterocycles. The zero-order valence-electron chi connectivity index (χ0n) is 14.9. The molecule has 2 amide bonds. The van der Waals surface area contributed by atoms with Crippen LogP contribution in [0.15, 0.2) is 0 Å². The highest BCUT2D eigenvalue weighted by Gasteiger charge is 2.44. The van der Waals surface area contributed by atoms with Gasteiger partial charge in [0.1, 0.15) is 5.54 Å². The van der Waals surface area contributed by atoms with Crippen molar-refractivity contribution < 1.29 is 19.5 Å². The van der Waals surface area contributed by atoms with Gasteiger partial charge in [0, 0.05) is 17.9 Å². The summed E-state index contributed by atoms with van der Waals surface area (Å²) in [6.07, 6.45) is 10.1. The van der Waals surface area contributed by atoms with E-state index in [1.165, 1.54) is 0 Å². The smallest absolute Gasteiger partial charge is 0.329 e. The van der Waals surface area contributed by atoms with Gasteiger partial charge in [0.15, 0.2) is 0 Å². The van der Waals surface area contributed by atoms with Crippen LogP contribution in [0.4, 0.5) is 0 Å². The molecule has 3 fully saturated rings. The van der Waals surface area contributed by atoms with Crippen molar-refractivity contribution in [1.29, 1.82) is 0 Å². The molecule has 6 nitrogen and oxygen atoms in total. The second-order valence-corrected chi connectivity index (χ2v) is 8.12. The third kappa shape index (κ3) is 4.15. The van der Waals surface area contributed by atoms with Gasteiger partial charge in [0.2, 0.25) is 11.8 Å². The van der Waals surface area contributed by atoms with Gasteiger partial charge in [-0.3, -0.25) is 9.59 Å². The topological polar surface area (TPSA) is 95.5 Å². The molecule has 3 aliphatic carbocycles. The van der Waals surface area contributed by atoms with Crippen LogP contribution in [0.25, 0.3) is 0 Å². The lowest BCUT2D eigenvalue weighted by Gasteiger charge is -2.32. The molecule has 25 heavy (non-hydrogen) atoms. The summed E-state index contributed by atoms with van der Waals surface area (Å²) >= 11 is 0. The number of hydrogen-bond donors (Lipinski definition) is 3. The summed E-state index contributed by atoms with van der Waals surface area (Å²) in [5.74, 6) is -0.794. The average Bonchev–Trinajstić information content (AvgIpc) is 3.28. The number of amides is 2. The molecule has 3 N–H and O–H groups in total. The molecule has 0 spiro atoms. The Morgan fingerprint density at radius 1 is 0.760 bits per heavy atom. The van der Waals surface area contributed by atoms with Gasteiger partial charge in [-0.15, -0.1) is 0 Å². The highest BCUT2D eigenvalue weighted by molar-refractivity contribution is 5.88. The standard InChI is InChI=1S/C19H30N2O4/c22-16(13-5-1-2-6-13)20-15-9-7-14(8-10-15)17(23)21-19(18(24)25)11-3-4-12-19/h13-15H,1-12H2,(H,20,22)(H,21,23)(H,24,25). The molecular weight excluding hydrogens is 320 g/mol. The minimum absolute atomic E-state index is 0.120. The normalized spacial score (nSPS) is 29.3. The zero-order valence-corrected chi connectivity index (χ0v) is 14.9. The lowest BCUT2D eigenvalue weighted by Crippen LogP contribution is -2.54. The number of rotatable bonds is 5. The molecule has 0 saturated heterocycles. The molecule has 3 saturated carbocycles. The van der Waals surface area contributed by atoms with E-state index in [1.54, 1.807) is 0 Å². The minimum atomic E-state index is -1.05. The molecule has 0 atom stereocenters. The number of aliphatic carboxylic acids is 1.